The van der Waals surface area contributed by atoms with E-state index in [1.807, 2.05) is 0 Å². The van der Waals surface area contributed by atoms with E-state index >= 15 is 0 Å². The van der Waals surface area contributed by atoms with Crippen LogP contribution in [0, 0.1) is 17.0 Å². The van der Waals surface area contributed by atoms with Gasteiger partial charge in [0.25, 0.3) is 11.6 Å². The van der Waals surface area contributed by atoms with Crippen LogP contribution < -0.4 is 5.32 Å². The Kier molecular flexibility index (Phi) is 5.60. The average molecular weight is 388 g/mol. The van der Waals surface area contributed by atoms with Gasteiger partial charge in [-0.2, -0.15) is 13.2 Å². The molecule has 7 nitrogen and oxygen atoms in total. The predicted molar refractivity (Wildman–Crippen MR) is 86.1 cm³/mol. The lowest BCUT2D eigenvalue weighted by Crippen LogP contribution is -2.21. The standard InChI is InChI=1S/C15H11F3N2O5S/c1-8-2-5-12(26-8)14(22)25-7-13(21)19-10-4-3-9(15(16,17)18)6-11(10)20(23)24/h2-6H,7H2,1H3,(H,19,21). The second kappa shape index (κ2) is 7.52. The molecule has 2 aromatic rings. The lowest BCUT2D eigenvalue weighted by Gasteiger charge is -2.10. The third-order valence-electron chi connectivity index (χ3n) is 3.07. The van der Waals surface area contributed by atoms with Crippen molar-refractivity contribution in [1.29, 1.82) is 0 Å². The molecule has 2 rings (SSSR count). The van der Waals surface area contributed by atoms with Gasteiger partial charge in [-0.1, -0.05) is 0 Å². The number of esters is 1. The van der Waals surface area contributed by atoms with Gasteiger partial charge >= 0.3 is 12.1 Å². The quantitative estimate of drug-likeness (QED) is 0.477. The van der Waals surface area contributed by atoms with Gasteiger partial charge in [-0.25, -0.2) is 4.79 Å². The first-order chi connectivity index (χ1) is 12.1. The van der Waals surface area contributed by atoms with E-state index in [0.29, 0.717) is 12.1 Å². The molecule has 1 aromatic carbocycles. The van der Waals surface area contributed by atoms with E-state index in [2.05, 4.69) is 5.32 Å². The van der Waals surface area contributed by atoms with Gasteiger partial charge in [0.15, 0.2) is 6.61 Å². The first-order valence-corrected chi connectivity index (χ1v) is 7.78. The van der Waals surface area contributed by atoms with Gasteiger partial charge in [0.1, 0.15) is 10.6 Å². The molecule has 0 aliphatic carbocycles. The number of anilines is 1. The molecule has 0 saturated heterocycles. The molecule has 0 bridgehead atoms. The summed E-state index contributed by atoms with van der Waals surface area (Å²) in [7, 11) is 0. The molecule has 0 spiro atoms. The highest BCUT2D eigenvalue weighted by atomic mass is 32.1. The number of rotatable bonds is 5. The largest absolute Gasteiger partial charge is 0.451 e. The minimum Gasteiger partial charge on any atom is -0.451 e. The second-order valence-corrected chi connectivity index (χ2v) is 6.31. The zero-order valence-electron chi connectivity index (χ0n) is 13.1. The van der Waals surface area contributed by atoms with Crippen molar-refractivity contribution in [2.45, 2.75) is 13.1 Å². The number of hydrogen-bond donors (Lipinski definition) is 1. The molecule has 11 heteroatoms. The van der Waals surface area contributed by atoms with Gasteiger partial charge < -0.3 is 10.1 Å². The van der Waals surface area contributed by atoms with Crippen molar-refractivity contribution in [3.05, 3.63) is 55.8 Å². The Balaban J connectivity index is 2.06. The summed E-state index contributed by atoms with van der Waals surface area (Å²) in [6.07, 6.45) is -4.76. The molecule has 0 fully saturated rings. The monoisotopic (exact) mass is 388 g/mol. The molecule has 0 unspecified atom stereocenters. The minimum atomic E-state index is -4.76. The van der Waals surface area contributed by atoms with Gasteiger partial charge in [0.05, 0.1) is 10.5 Å². The molecule has 0 radical (unpaired) electrons. The summed E-state index contributed by atoms with van der Waals surface area (Å²) in [5.41, 5.74) is -2.58. The average Bonchev–Trinajstić information content (AvgIpc) is 2.98. The van der Waals surface area contributed by atoms with E-state index in [0.717, 1.165) is 22.3 Å². The van der Waals surface area contributed by atoms with Crippen molar-refractivity contribution in [2.24, 2.45) is 0 Å². The van der Waals surface area contributed by atoms with Crippen LogP contribution >= 0.6 is 11.3 Å². The first-order valence-electron chi connectivity index (χ1n) is 6.97. The Morgan fingerprint density at radius 1 is 1.27 bits per heavy atom. The molecule has 138 valence electrons. The van der Waals surface area contributed by atoms with Crippen molar-refractivity contribution < 1.29 is 32.4 Å². The van der Waals surface area contributed by atoms with E-state index < -0.39 is 46.5 Å². The predicted octanol–water partition coefficient (Wildman–Crippen LogP) is 3.78. The van der Waals surface area contributed by atoms with Crippen molar-refractivity contribution in [3.8, 4) is 0 Å². The maximum atomic E-state index is 12.6. The molecule has 1 amide bonds. The van der Waals surface area contributed by atoms with Crippen LogP contribution in [0.1, 0.15) is 20.1 Å². The Morgan fingerprint density at radius 2 is 1.96 bits per heavy atom. The topological polar surface area (TPSA) is 98.5 Å². The van der Waals surface area contributed by atoms with Crippen LogP contribution in [0.4, 0.5) is 24.5 Å². The number of benzene rings is 1. The normalized spacial score (nSPS) is 11.1. The number of nitrogens with zero attached hydrogens (tertiary/aromatic N) is 1. The molecule has 0 saturated carbocycles. The second-order valence-electron chi connectivity index (χ2n) is 5.02. The SMILES string of the molecule is Cc1ccc(C(=O)OCC(=O)Nc2ccc(C(F)(F)F)cc2[N+](=O)[O-])s1. The number of nitro groups is 1. The van der Waals surface area contributed by atoms with Crippen LogP contribution in [0.2, 0.25) is 0 Å². The summed E-state index contributed by atoms with van der Waals surface area (Å²) in [5.74, 6) is -1.67. The maximum absolute atomic E-state index is 12.6. The van der Waals surface area contributed by atoms with Crippen LogP contribution in [-0.4, -0.2) is 23.4 Å². The number of alkyl halides is 3. The number of hydrogen-bond acceptors (Lipinski definition) is 6. The fourth-order valence-electron chi connectivity index (χ4n) is 1.90. The molecule has 1 N–H and O–H groups in total. The summed E-state index contributed by atoms with van der Waals surface area (Å²) >= 11 is 1.16. The van der Waals surface area contributed by atoms with Crippen LogP contribution in [0.5, 0.6) is 0 Å². The van der Waals surface area contributed by atoms with Gasteiger partial charge in [-0.05, 0) is 31.2 Å². The zero-order valence-corrected chi connectivity index (χ0v) is 13.9. The minimum absolute atomic E-state index is 0.274. The number of thiophene rings is 1. The lowest BCUT2D eigenvalue weighted by atomic mass is 10.1. The number of amides is 1. The summed E-state index contributed by atoms with van der Waals surface area (Å²) < 4.78 is 42.7. The highest BCUT2D eigenvalue weighted by Gasteiger charge is 2.33. The summed E-state index contributed by atoms with van der Waals surface area (Å²) in [6.45, 7) is 1.03. The smallest absolute Gasteiger partial charge is 0.416 e. The van der Waals surface area contributed by atoms with Crippen molar-refractivity contribution >= 4 is 34.6 Å². The van der Waals surface area contributed by atoms with E-state index in [1.165, 1.54) is 6.07 Å². The summed E-state index contributed by atoms with van der Waals surface area (Å²) in [6, 6.07) is 4.89. The Labute approximate surface area is 148 Å². The Bertz CT molecular complexity index is 863. The highest BCUT2D eigenvalue weighted by molar-refractivity contribution is 7.13. The van der Waals surface area contributed by atoms with Crippen molar-refractivity contribution in [1.82, 2.24) is 0 Å². The third-order valence-corrected chi connectivity index (χ3v) is 4.05. The number of ether oxygens (including phenoxy) is 1. The first kappa shape index (κ1) is 19.4. The van der Waals surface area contributed by atoms with Gasteiger partial charge in [0, 0.05) is 10.9 Å². The molecule has 0 aliphatic heterocycles. The number of carbonyl (C=O) groups excluding carboxylic acids is 2. The fourth-order valence-corrected chi connectivity index (χ4v) is 2.66. The molecule has 0 atom stereocenters. The zero-order chi connectivity index (χ0) is 19.5. The van der Waals surface area contributed by atoms with Crippen LogP contribution in [0.15, 0.2) is 30.3 Å². The number of nitrogens with one attached hydrogen (secondary N) is 1. The Hall–Kier alpha value is -2.95. The highest BCUT2D eigenvalue weighted by Crippen LogP contribution is 2.34. The molecular formula is C15H11F3N2O5S. The fraction of sp³-hybridized carbons (Fsp3) is 0.200. The lowest BCUT2D eigenvalue weighted by molar-refractivity contribution is -0.384. The molecule has 0 aliphatic rings. The number of nitro benzene ring substituents is 1. The molecule has 1 aromatic heterocycles. The van der Waals surface area contributed by atoms with Gasteiger partial charge in [-0.15, -0.1) is 11.3 Å². The molecular weight excluding hydrogens is 377 g/mol. The van der Waals surface area contributed by atoms with Gasteiger partial charge in [-0.3, -0.25) is 14.9 Å². The molecule has 26 heavy (non-hydrogen) atoms. The molecule has 1 heterocycles. The maximum Gasteiger partial charge on any atom is 0.416 e. The summed E-state index contributed by atoms with van der Waals surface area (Å²) in [4.78, 5) is 34.5. The van der Waals surface area contributed by atoms with Crippen LogP contribution in [-0.2, 0) is 15.7 Å². The van der Waals surface area contributed by atoms with E-state index in [9.17, 15) is 32.9 Å². The van der Waals surface area contributed by atoms with E-state index in [-0.39, 0.29) is 4.88 Å². The van der Waals surface area contributed by atoms with Crippen molar-refractivity contribution in [2.75, 3.05) is 11.9 Å². The Morgan fingerprint density at radius 3 is 2.50 bits per heavy atom. The van der Waals surface area contributed by atoms with E-state index in [1.54, 1.807) is 13.0 Å². The van der Waals surface area contributed by atoms with Crippen LogP contribution in [0.3, 0.4) is 0 Å². The van der Waals surface area contributed by atoms with Crippen LogP contribution in [0.25, 0.3) is 0 Å². The third kappa shape index (κ3) is 4.79. The van der Waals surface area contributed by atoms with Gasteiger partial charge in [0.2, 0.25) is 0 Å². The van der Waals surface area contributed by atoms with E-state index in [4.69, 9.17) is 4.74 Å². The summed E-state index contributed by atoms with van der Waals surface area (Å²) in [5, 5.41) is 13.0. The number of halogens is 3. The van der Waals surface area contributed by atoms with Crippen molar-refractivity contribution in [3.63, 3.8) is 0 Å². The number of aryl methyl sites for hydroxylation is 1. The number of carbonyl (C=O) groups is 2.